The highest BCUT2D eigenvalue weighted by molar-refractivity contribution is 6.81. The minimum atomic E-state index is -1.97. The fourth-order valence-electron chi connectivity index (χ4n) is 9.25. The second-order valence-corrected chi connectivity index (χ2v) is 21.2. The van der Waals surface area contributed by atoms with Crippen molar-refractivity contribution in [1.82, 2.24) is 0 Å². The van der Waals surface area contributed by atoms with Crippen LogP contribution in [0.15, 0.2) is 133 Å². The van der Waals surface area contributed by atoms with Gasteiger partial charge in [-0.1, -0.05) is 159 Å². The number of aryl methyl sites for hydroxylation is 4. The number of rotatable bonds is 10. The minimum Gasteiger partial charge on any atom is -0.0791 e. The summed E-state index contributed by atoms with van der Waals surface area (Å²) in [5.74, 6) is 0. The zero-order valence-electron chi connectivity index (χ0n) is 32.3. The minimum absolute atomic E-state index is 0.452. The van der Waals surface area contributed by atoms with Crippen LogP contribution in [0.2, 0.25) is 13.1 Å². The smallest absolute Gasteiger partial charge is 0.0715 e. The third kappa shape index (κ3) is 6.73. The van der Waals surface area contributed by atoms with Crippen molar-refractivity contribution in [3.63, 3.8) is 0 Å². The van der Waals surface area contributed by atoms with Gasteiger partial charge in [-0.15, -0.1) is 0 Å². The van der Waals surface area contributed by atoms with Crippen molar-refractivity contribution in [3.05, 3.63) is 222 Å². The number of fused-ring (bicyclic) bond motifs is 2. The molecule has 0 N–H and O–H groups in total. The van der Waals surface area contributed by atoms with Crippen molar-refractivity contribution in [2.45, 2.75) is 77.6 Å². The summed E-state index contributed by atoms with van der Waals surface area (Å²) in [5.41, 5.74) is 24.0. The maximum Gasteiger partial charge on any atom is 0.0715 e. The first kappa shape index (κ1) is 35.1. The molecule has 0 saturated heterocycles. The fourth-order valence-corrected chi connectivity index (χ4v) is 12.9. The summed E-state index contributed by atoms with van der Waals surface area (Å²) in [4.78, 5) is 0. The van der Waals surface area contributed by atoms with Gasteiger partial charge in [0.2, 0.25) is 0 Å². The van der Waals surface area contributed by atoms with Crippen LogP contribution in [-0.4, -0.2) is 8.07 Å². The predicted molar refractivity (Wildman–Crippen MR) is 230 cm³/mol. The lowest BCUT2D eigenvalue weighted by molar-refractivity contribution is 1.01. The van der Waals surface area contributed by atoms with E-state index in [1.807, 2.05) is 0 Å². The summed E-state index contributed by atoms with van der Waals surface area (Å²) in [6, 6.07) is 45.6. The molecule has 0 amide bonds. The molecule has 0 radical (unpaired) electrons. The number of hydrogen-bond donors (Lipinski definition) is 0. The molecule has 8 rings (SSSR count). The highest BCUT2D eigenvalue weighted by atomic mass is 28.3. The van der Waals surface area contributed by atoms with E-state index < -0.39 is 8.07 Å². The van der Waals surface area contributed by atoms with E-state index in [0.717, 1.165) is 25.7 Å². The Labute approximate surface area is 319 Å². The van der Waals surface area contributed by atoms with Gasteiger partial charge in [-0.25, -0.2) is 0 Å². The van der Waals surface area contributed by atoms with Crippen LogP contribution in [0.5, 0.6) is 0 Å². The molecule has 2 aliphatic carbocycles. The van der Waals surface area contributed by atoms with E-state index >= 15 is 0 Å². The molecule has 2 aliphatic rings. The van der Waals surface area contributed by atoms with Crippen molar-refractivity contribution in [2.75, 3.05) is 0 Å². The Bertz CT molecular complexity index is 2220. The number of hydrogen-bond acceptors (Lipinski definition) is 0. The Morgan fingerprint density at radius 2 is 0.698 bits per heavy atom. The largest absolute Gasteiger partial charge is 0.0791 e. The van der Waals surface area contributed by atoms with Crippen LogP contribution in [0.4, 0.5) is 0 Å². The first-order chi connectivity index (χ1) is 25.7. The van der Waals surface area contributed by atoms with Gasteiger partial charge in [0.05, 0.1) is 8.07 Å². The molecule has 0 aromatic heterocycles. The lowest BCUT2D eigenvalue weighted by Gasteiger charge is -2.36. The molecule has 0 bridgehead atoms. The maximum absolute atomic E-state index is 2.64. The second-order valence-electron chi connectivity index (χ2n) is 16.3. The quantitative estimate of drug-likeness (QED) is 0.125. The molecule has 0 aliphatic heterocycles. The summed E-state index contributed by atoms with van der Waals surface area (Å²) in [6.07, 6.45) is 14.0. The Kier molecular flexibility index (Phi) is 9.56. The van der Waals surface area contributed by atoms with Gasteiger partial charge in [0.15, 0.2) is 0 Å². The Morgan fingerprint density at radius 3 is 1.04 bits per heavy atom. The van der Waals surface area contributed by atoms with Gasteiger partial charge in [-0.3, -0.25) is 0 Å². The van der Waals surface area contributed by atoms with Gasteiger partial charge in [0.25, 0.3) is 0 Å². The van der Waals surface area contributed by atoms with Crippen molar-refractivity contribution >= 4 is 20.2 Å². The third-order valence-electron chi connectivity index (χ3n) is 12.7. The van der Waals surface area contributed by atoms with Gasteiger partial charge < -0.3 is 0 Å². The second kappa shape index (κ2) is 14.4. The van der Waals surface area contributed by atoms with Crippen molar-refractivity contribution < 1.29 is 0 Å². The SMILES string of the molecule is Cc1ccccc1Cc1ccc2c(c1Cc1ccccc1C)C=CC2[Si](C)(C)C1C=Cc2c1ccc(Cc1ccccc1C)c2Cc1ccccc1C. The van der Waals surface area contributed by atoms with Gasteiger partial charge in [0, 0.05) is 0 Å². The monoisotopic (exact) mass is 704 g/mol. The normalized spacial score (nSPS) is 15.9. The highest BCUT2D eigenvalue weighted by Gasteiger charge is 2.43. The predicted octanol–water partition coefficient (Wildman–Crippen LogP) is 13.0. The van der Waals surface area contributed by atoms with Crippen LogP contribution < -0.4 is 0 Å². The molecule has 2 unspecified atom stereocenters. The van der Waals surface area contributed by atoms with Crippen LogP contribution in [0, 0.1) is 27.7 Å². The van der Waals surface area contributed by atoms with Crippen LogP contribution in [0.25, 0.3) is 12.2 Å². The number of allylic oxidation sites excluding steroid dienone is 2. The van der Waals surface area contributed by atoms with Gasteiger partial charge in [0.1, 0.15) is 0 Å². The van der Waals surface area contributed by atoms with Crippen molar-refractivity contribution in [2.24, 2.45) is 0 Å². The molecule has 2 atom stereocenters. The molecule has 0 heterocycles. The third-order valence-corrected chi connectivity index (χ3v) is 16.9. The molecule has 53 heavy (non-hydrogen) atoms. The fraction of sp³-hybridized carbons (Fsp3) is 0.231. The van der Waals surface area contributed by atoms with Crippen LogP contribution in [0.1, 0.15) is 100 Å². The van der Waals surface area contributed by atoms with Gasteiger partial charge in [-0.05, 0) is 153 Å². The standard InChI is InChI=1S/C52H52Si/c1-35-15-7-11-19-39(35)31-43-23-25-47-45(49(43)33-41-21-13-9-17-37(41)3)27-29-51(47)53(5,6)52-30-28-46-48(52)26-24-44(32-40-20-12-8-16-36(40)2)50(46)34-42-22-14-10-18-38(42)4/h7-30,51-52H,31-34H2,1-6H3. The molecule has 1 heteroatoms. The molecule has 0 nitrogen and oxygen atoms in total. The summed E-state index contributed by atoms with van der Waals surface area (Å²) in [7, 11) is -1.97. The molecular weight excluding hydrogens is 653 g/mol. The molecule has 0 spiro atoms. The van der Waals surface area contributed by atoms with Gasteiger partial charge in [-0.2, -0.15) is 0 Å². The molecule has 0 fully saturated rings. The summed E-state index contributed by atoms with van der Waals surface area (Å²) in [6.45, 7) is 14.3. The molecular formula is C52H52Si. The maximum atomic E-state index is 2.64. The van der Waals surface area contributed by atoms with E-state index in [0.29, 0.717) is 11.1 Å². The van der Waals surface area contributed by atoms with E-state index in [4.69, 9.17) is 0 Å². The zero-order chi connectivity index (χ0) is 36.7. The zero-order valence-corrected chi connectivity index (χ0v) is 33.3. The topological polar surface area (TPSA) is 0 Å². The Balaban J connectivity index is 1.18. The summed E-state index contributed by atoms with van der Waals surface area (Å²) in [5, 5.41) is 0. The van der Waals surface area contributed by atoms with Gasteiger partial charge >= 0.3 is 0 Å². The molecule has 6 aromatic rings. The lowest BCUT2D eigenvalue weighted by Crippen LogP contribution is -2.40. The van der Waals surface area contributed by atoms with Crippen LogP contribution >= 0.6 is 0 Å². The van der Waals surface area contributed by atoms with E-state index in [1.54, 1.807) is 0 Å². The first-order valence-electron chi connectivity index (χ1n) is 19.5. The van der Waals surface area contributed by atoms with Crippen LogP contribution in [-0.2, 0) is 25.7 Å². The summed E-state index contributed by atoms with van der Waals surface area (Å²) < 4.78 is 0. The average molecular weight is 705 g/mol. The highest BCUT2D eigenvalue weighted by Crippen LogP contribution is 2.49. The Hall–Kier alpha value is -4.98. The molecule has 264 valence electrons. The van der Waals surface area contributed by atoms with Crippen molar-refractivity contribution in [3.8, 4) is 0 Å². The van der Waals surface area contributed by atoms with E-state index in [1.165, 1.54) is 89.0 Å². The summed E-state index contributed by atoms with van der Waals surface area (Å²) >= 11 is 0. The first-order valence-corrected chi connectivity index (χ1v) is 22.7. The molecule has 0 saturated carbocycles. The van der Waals surface area contributed by atoms with Crippen LogP contribution in [0.3, 0.4) is 0 Å². The Morgan fingerprint density at radius 1 is 0.377 bits per heavy atom. The van der Waals surface area contributed by atoms with Crippen molar-refractivity contribution in [1.29, 1.82) is 0 Å². The lowest BCUT2D eigenvalue weighted by atomic mass is 9.88. The number of benzene rings is 6. The van der Waals surface area contributed by atoms with E-state index in [2.05, 4.69) is 186 Å². The van der Waals surface area contributed by atoms with E-state index in [9.17, 15) is 0 Å². The molecule has 6 aromatic carbocycles. The van der Waals surface area contributed by atoms with E-state index in [-0.39, 0.29) is 0 Å². The average Bonchev–Trinajstić information content (AvgIpc) is 3.80.